The standard InChI is InChI=1S/C17H10O9/c18-6-1-2-7(11(19)3-6)15-14(21)13(20)10-4-8(16(22)23)9(17(24)25)5-12(10)26-15/h1-5,18-19,21H,(H,22,23)(H,24,25). The molecule has 0 bridgehead atoms. The van der Waals surface area contributed by atoms with Crippen LogP contribution in [0.25, 0.3) is 22.3 Å². The van der Waals surface area contributed by atoms with Crippen LogP contribution in [-0.4, -0.2) is 37.5 Å². The van der Waals surface area contributed by atoms with Gasteiger partial charge in [-0.3, -0.25) is 4.79 Å². The Labute approximate surface area is 143 Å². The molecular formula is C17H10O9. The number of hydrogen-bond acceptors (Lipinski definition) is 7. The molecule has 5 N–H and O–H groups in total. The summed E-state index contributed by atoms with van der Waals surface area (Å²) in [6.07, 6.45) is 0. The first-order valence-electron chi connectivity index (χ1n) is 7.03. The third-order valence-electron chi connectivity index (χ3n) is 3.69. The Morgan fingerprint density at radius 2 is 1.50 bits per heavy atom. The minimum Gasteiger partial charge on any atom is -0.508 e. The van der Waals surface area contributed by atoms with Crippen molar-refractivity contribution >= 4 is 22.9 Å². The summed E-state index contributed by atoms with van der Waals surface area (Å²) < 4.78 is 5.36. The number of phenolic OH excluding ortho intramolecular Hbond substituents is 2. The van der Waals surface area contributed by atoms with Gasteiger partial charge in [0.25, 0.3) is 0 Å². The van der Waals surface area contributed by atoms with Gasteiger partial charge in [0.15, 0.2) is 5.76 Å². The van der Waals surface area contributed by atoms with E-state index in [-0.39, 0.29) is 22.3 Å². The largest absolute Gasteiger partial charge is 0.508 e. The Bertz CT molecular complexity index is 1140. The first-order chi connectivity index (χ1) is 12.2. The molecule has 0 atom stereocenters. The minimum atomic E-state index is -1.57. The lowest BCUT2D eigenvalue weighted by Gasteiger charge is -2.09. The molecule has 0 aliphatic rings. The summed E-state index contributed by atoms with van der Waals surface area (Å²) in [6.45, 7) is 0. The number of hydrogen-bond donors (Lipinski definition) is 5. The molecular weight excluding hydrogens is 348 g/mol. The number of carbonyl (C=O) groups is 2. The molecule has 0 radical (unpaired) electrons. The fourth-order valence-electron chi connectivity index (χ4n) is 2.48. The fourth-order valence-corrected chi connectivity index (χ4v) is 2.48. The van der Waals surface area contributed by atoms with Crippen LogP contribution in [0.2, 0.25) is 0 Å². The van der Waals surface area contributed by atoms with E-state index in [1.165, 1.54) is 12.1 Å². The van der Waals surface area contributed by atoms with Crippen LogP contribution in [0.3, 0.4) is 0 Å². The molecule has 26 heavy (non-hydrogen) atoms. The first kappa shape index (κ1) is 16.8. The molecule has 0 amide bonds. The maximum Gasteiger partial charge on any atom is 0.336 e. The molecule has 3 aromatic rings. The van der Waals surface area contributed by atoms with Gasteiger partial charge in [0.1, 0.15) is 17.1 Å². The summed E-state index contributed by atoms with van der Waals surface area (Å²) in [5, 5.41) is 47.3. The molecule has 2 aromatic carbocycles. The SMILES string of the molecule is O=C(O)c1cc2oc(-c3ccc(O)cc3O)c(O)c(=O)c2cc1C(=O)O. The van der Waals surface area contributed by atoms with E-state index in [4.69, 9.17) is 14.6 Å². The first-order valence-corrected chi connectivity index (χ1v) is 7.03. The van der Waals surface area contributed by atoms with Crippen molar-refractivity contribution in [2.75, 3.05) is 0 Å². The topological polar surface area (TPSA) is 166 Å². The van der Waals surface area contributed by atoms with Crippen molar-refractivity contribution in [2.45, 2.75) is 0 Å². The number of aromatic carboxylic acids is 2. The molecule has 1 aromatic heterocycles. The van der Waals surface area contributed by atoms with E-state index in [0.29, 0.717) is 0 Å². The third kappa shape index (κ3) is 2.57. The van der Waals surface area contributed by atoms with Crippen LogP contribution in [0.4, 0.5) is 0 Å². The molecule has 0 fully saturated rings. The highest BCUT2D eigenvalue weighted by Crippen LogP contribution is 2.37. The summed E-state index contributed by atoms with van der Waals surface area (Å²) in [4.78, 5) is 34.9. The normalized spacial score (nSPS) is 10.8. The Balaban J connectivity index is 2.40. The van der Waals surface area contributed by atoms with Gasteiger partial charge in [-0.25, -0.2) is 9.59 Å². The van der Waals surface area contributed by atoms with Gasteiger partial charge in [-0.15, -0.1) is 0 Å². The highest BCUT2D eigenvalue weighted by molar-refractivity contribution is 6.05. The van der Waals surface area contributed by atoms with Crippen molar-refractivity contribution < 1.29 is 39.5 Å². The summed E-state index contributed by atoms with van der Waals surface area (Å²) in [7, 11) is 0. The van der Waals surface area contributed by atoms with Crippen molar-refractivity contribution in [3.8, 4) is 28.6 Å². The molecule has 0 spiro atoms. The van der Waals surface area contributed by atoms with Crippen molar-refractivity contribution in [3.05, 3.63) is 51.7 Å². The van der Waals surface area contributed by atoms with Crippen LogP contribution in [0, 0.1) is 0 Å². The van der Waals surface area contributed by atoms with Crippen LogP contribution in [0.5, 0.6) is 17.2 Å². The van der Waals surface area contributed by atoms with Crippen molar-refractivity contribution in [2.24, 2.45) is 0 Å². The van der Waals surface area contributed by atoms with Crippen molar-refractivity contribution in [1.29, 1.82) is 0 Å². The van der Waals surface area contributed by atoms with Gasteiger partial charge in [0.2, 0.25) is 11.2 Å². The van der Waals surface area contributed by atoms with Gasteiger partial charge < -0.3 is 29.9 Å². The maximum atomic E-state index is 12.4. The molecule has 9 nitrogen and oxygen atoms in total. The number of phenols is 2. The fraction of sp³-hybridized carbons (Fsp3) is 0. The average molecular weight is 358 g/mol. The second-order valence-electron chi connectivity index (χ2n) is 5.31. The average Bonchev–Trinajstić information content (AvgIpc) is 2.57. The molecule has 132 valence electrons. The highest BCUT2D eigenvalue weighted by Gasteiger charge is 2.23. The van der Waals surface area contributed by atoms with E-state index in [9.17, 15) is 29.7 Å². The number of rotatable bonds is 3. The molecule has 0 saturated carbocycles. The van der Waals surface area contributed by atoms with E-state index in [1.54, 1.807) is 0 Å². The summed E-state index contributed by atoms with van der Waals surface area (Å²) >= 11 is 0. The minimum absolute atomic E-state index is 0.126. The quantitative estimate of drug-likeness (QED) is 0.470. The van der Waals surface area contributed by atoms with Gasteiger partial charge in [0.05, 0.1) is 22.1 Å². The molecule has 3 rings (SSSR count). The van der Waals surface area contributed by atoms with Gasteiger partial charge in [-0.05, 0) is 24.3 Å². The van der Waals surface area contributed by atoms with Crippen LogP contribution < -0.4 is 5.43 Å². The smallest absolute Gasteiger partial charge is 0.336 e. The predicted octanol–water partition coefficient (Wildman–Crippen LogP) is 1.97. The van der Waals surface area contributed by atoms with Crippen molar-refractivity contribution in [3.63, 3.8) is 0 Å². The van der Waals surface area contributed by atoms with Gasteiger partial charge in [0, 0.05) is 6.07 Å². The molecule has 0 aliphatic heterocycles. The van der Waals surface area contributed by atoms with Crippen LogP contribution in [0.1, 0.15) is 20.7 Å². The van der Waals surface area contributed by atoms with Crippen LogP contribution >= 0.6 is 0 Å². The van der Waals surface area contributed by atoms with E-state index in [0.717, 1.165) is 18.2 Å². The summed E-state index contributed by atoms with van der Waals surface area (Å²) in [6, 6.07) is 4.96. The number of fused-ring (bicyclic) bond motifs is 1. The Morgan fingerprint density at radius 1 is 0.885 bits per heavy atom. The van der Waals surface area contributed by atoms with Gasteiger partial charge in [-0.1, -0.05) is 0 Å². The molecule has 0 aliphatic carbocycles. The maximum absolute atomic E-state index is 12.4. The van der Waals surface area contributed by atoms with Gasteiger partial charge in [-0.2, -0.15) is 0 Å². The zero-order chi connectivity index (χ0) is 19.2. The lowest BCUT2D eigenvalue weighted by atomic mass is 10.0. The lowest BCUT2D eigenvalue weighted by Crippen LogP contribution is -2.11. The number of carboxylic acid groups (broad SMARTS) is 2. The second kappa shape index (κ2) is 5.81. The van der Waals surface area contributed by atoms with E-state index >= 15 is 0 Å². The van der Waals surface area contributed by atoms with Gasteiger partial charge >= 0.3 is 11.9 Å². The third-order valence-corrected chi connectivity index (χ3v) is 3.69. The Hall–Kier alpha value is -4.01. The van der Waals surface area contributed by atoms with E-state index in [2.05, 4.69) is 0 Å². The highest BCUT2D eigenvalue weighted by atomic mass is 16.4. The van der Waals surface area contributed by atoms with Crippen LogP contribution in [0.15, 0.2) is 39.5 Å². The monoisotopic (exact) mass is 358 g/mol. The summed E-state index contributed by atoms with van der Waals surface area (Å²) in [5.41, 5.74) is -2.68. The molecule has 9 heteroatoms. The zero-order valence-corrected chi connectivity index (χ0v) is 12.8. The molecule has 0 unspecified atom stereocenters. The van der Waals surface area contributed by atoms with E-state index < -0.39 is 45.8 Å². The second-order valence-corrected chi connectivity index (χ2v) is 5.31. The molecule has 0 saturated heterocycles. The summed E-state index contributed by atoms with van der Waals surface area (Å²) in [5.74, 6) is -5.24. The Kier molecular flexibility index (Phi) is 3.76. The lowest BCUT2D eigenvalue weighted by molar-refractivity contribution is 0.0651. The van der Waals surface area contributed by atoms with Crippen LogP contribution in [-0.2, 0) is 0 Å². The van der Waals surface area contributed by atoms with E-state index in [1.807, 2.05) is 0 Å². The number of benzene rings is 2. The predicted molar refractivity (Wildman–Crippen MR) is 86.8 cm³/mol. The number of aromatic hydroxyl groups is 3. The molecule has 1 heterocycles. The number of carboxylic acids is 2. The van der Waals surface area contributed by atoms with Crippen molar-refractivity contribution in [1.82, 2.24) is 0 Å². The zero-order valence-electron chi connectivity index (χ0n) is 12.8. The Morgan fingerprint density at radius 3 is 2.08 bits per heavy atom.